The molecule has 1 amide bonds. The Hall–Kier alpha value is -3.92. The van der Waals surface area contributed by atoms with Gasteiger partial charge in [-0.3, -0.25) is 14.3 Å². The lowest BCUT2D eigenvalue weighted by atomic mass is 10.0. The van der Waals surface area contributed by atoms with Crippen molar-refractivity contribution in [2.75, 3.05) is 0 Å². The zero-order valence-electron chi connectivity index (χ0n) is 18.5. The van der Waals surface area contributed by atoms with Gasteiger partial charge in [0.2, 0.25) is 0 Å². The lowest BCUT2D eigenvalue weighted by Crippen LogP contribution is -2.35. The van der Waals surface area contributed by atoms with E-state index < -0.39 is 29.2 Å². The van der Waals surface area contributed by atoms with Crippen molar-refractivity contribution >= 4 is 17.5 Å². The van der Waals surface area contributed by atoms with Gasteiger partial charge in [0.1, 0.15) is 11.3 Å². The van der Waals surface area contributed by atoms with Gasteiger partial charge < -0.3 is 5.32 Å². The van der Waals surface area contributed by atoms with Gasteiger partial charge in [0.05, 0.1) is 29.7 Å². The zero-order valence-corrected chi connectivity index (χ0v) is 19.3. The second-order valence-electron chi connectivity index (χ2n) is 7.82. The third-order valence-electron chi connectivity index (χ3n) is 5.31. The highest BCUT2D eigenvalue weighted by molar-refractivity contribution is 6.30. The van der Waals surface area contributed by atoms with E-state index in [9.17, 15) is 22.8 Å². The predicted molar refractivity (Wildman–Crippen MR) is 124 cm³/mol. The van der Waals surface area contributed by atoms with Gasteiger partial charge in [-0.25, -0.2) is 0 Å². The van der Waals surface area contributed by atoms with Gasteiger partial charge in [-0.1, -0.05) is 41.9 Å². The lowest BCUT2D eigenvalue weighted by Gasteiger charge is -2.19. The maximum Gasteiger partial charge on any atom is 0.416 e. The molecule has 0 unspecified atom stereocenters. The molecule has 2 heterocycles. The predicted octanol–water partition coefficient (Wildman–Crippen LogP) is 4.80. The first-order valence-corrected chi connectivity index (χ1v) is 10.8. The quantitative estimate of drug-likeness (QED) is 0.426. The van der Waals surface area contributed by atoms with Gasteiger partial charge in [-0.2, -0.15) is 28.1 Å². The average Bonchev–Trinajstić information content (AvgIpc) is 3.25. The molecule has 4 aromatic rings. The van der Waals surface area contributed by atoms with Crippen LogP contribution in [0.4, 0.5) is 13.2 Å². The number of carbonyl (C=O) groups is 1. The molecule has 7 nitrogen and oxygen atoms in total. The van der Waals surface area contributed by atoms with Crippen molar-refractivity contribution < 1.29 is 18.0 Å². The highest BCUT2D eigenvalue weighted by atomic mass is 35.5. The summed E-state index contributed by atoms with van der Waals surface area (Å²) in [7, 11) is 1.66. The van der Waals surface area contributed by atoms with Crippen LogP contribution >= 0.6 is 11.6 Å². The van der Waals surface area contributed by atoms with E-state index in [2.05, 4.69) is 15.5 Å². The molecule has 180 valence electrons. The van der Waals surface area contributed by atoms with E-state index in [-0.39, 0.29) is 11.1 Å². The molecule has 0 radical (unpaired) electrons. The third kappa shape index (κ3) is 5.12. The summed E-state index contributed by atoms with van der Waals surface area (Å²) in [6.07, 6.45) is -1.64. The van der Waals surface area contributed by atoms with Gasteiger partial charge in [0.25, 0.3) is 11.5 Å². The Morgan fingerprint density at radius 3 is 2.43 bits per heavy atom. The Morgan fingerprint density at radius 2 is 1.80 bits per heavy atom. The van der Waals surface area contributed by atoms with Crippen molar-refractivity contribution in [1.29, 1.82) is 0 Å². The fraction of sp³-hybridized carbons (Fsp3) is 0.167. The fourth-order valence-corrected chi connectivity index (χ4v) is 3.72. The molecule has 35 heavy (non-hydrogen) atoms. The summed E-state index contributed by atoms with van der Waals surface area (Å²) in [4.78, 5) is 26.4. The molecule has 0 saturated heterocycles. The number of hydrogen-bond acceptors (Lipinski definition) is 4. The highest BCUT2D eigenvalue weighted by Crippen LogP contribution is 2.34. The molecule has 11 heteroatoms. The molecule has 0 saturated carbocycles. The summed E-state index contributed by atoms with van der Waals surface area (Å²) < 4.78 is 42.9. The monoisotopic (exact) mass is 501 g/mol. The zero-order chi connectivity index (χ0) is 25.3. The summed E-state index contributed by atoms with van der Waals surface area (Å²) in [5.41, 5.74) is -0.826. The minimum Gasteiger partial charge on any atom is -0.345 e. The molecule has 1 N–H and O–H groups in total. The van der Waals surface area contributed by atoms with Gasteiger partial charge >= 0.3 is 6.18 Å². The number of aryl methyl sites for hydroxylation is 1. The number of aromatic nitrogens is 4. The summed E-state index contributed by atoms with van der Waals surface area (Å²) in [5, 5.41) is 11.4. The molecular weight excluding hydrogens is 483 g/mol. The average molecular weight is 502 g/mol. The van der Waals surface area contributed by atoms with Crippen LogP contribution in [-0.2, 0) is 13.2 Å². The Balaban J connectivity index is 1.77. The van der Waals surface area contributed by atoms with Crippen LogP contribution in [0.3, 0.4) is 0 Å². The number of carbonyl (C=O) groups excluding carboxylic acids is 1. The van der Waals surface area contributed by atoms with Crippen LogP contribution in [0.5, 0.6) is 0 Å². The first kappa shape index (κ1) is 24.2. The number of alkyl halides is 3. The second-order valence-corrected chi connectivity index (χ2v) is 8.26. The molecule has 0 aliphatic heterocycles. The van der Waals surface area contributed by atoms with E-state index in [1.54, 1.807) is 37.5 Å². The highest BCUT2D eigenvalue weighted by Gasteiger charge is 2.34. The standard InChI is InChI=1S/C24H19ClF3N5O2/c1-14(18-5-3-4-6-20(18)24(26,27)28)30-22(34)19-11-21(15-7-9-16(25)10-8-15)31-33(23(19)35)17-12-29-32(2)13-17/h3-14H,1-2H3,(H,30,34)/t14-/m1/s1. The Bertz CT molecular complexity index is 1440. The van der Waals surface area contributed by atoms with Crippen molar-refractivity contribution in [2.24, 2.45) is 7.05 Å². The molecule has 0 aliphatic carbocycles. The van der Waals surface area contributed by atoms with Crippen LogP contribution in [0, 0.1) is 0 Å². The van der Waals surface area contributed by atoms with E-state index in [1.807, 2.05) is 0 Å². The summed E-state index contributed by atoms with van der Waals surface area (Å²) in [6, 6.07) is 11.8. The van der Waals surface area contributed by atoms with Gasteiger partial charge in [0, 0.05) is 17.6 Å². The van der Waals surface area contributed by atoms with Crippen molar-refractivity contribution in [1.82, 2.24) is 24.9 Å². The molecule has 0 bridgehead atoms. The number of nitrogens with one attached hydrogen (secondary N) is 1. The van der Waals surface area contributed by atoms with E-state index in [1.165, 1.54) is 42.1 Å². The second kappa shape index (κ2) is 9.38. The van der Waals surface area contributed by atoms with Gasteiger partial charge in [-0.15, -0.1) is 0 Å². The molecule has 0 spiro atoms. The Kier molecular flexibility index (Phi) is 6.49. The molecule has 2 aromatic carbocycles. The van der Waals surface area contributed by atoms with Crippen LogP contribution in [0.25, 0.3) is 16.9 Å². The van der Waals surface area contributed by atoms with Gasteiger partial charge in [-0.05, 0) is 36.8 Å². The van der Waals surface area contributed by atoms with Crippen molar-refractivity contribution in [3.63, 3.8) is 0 Å². The first-order valence-electron chi connectivity index (χ1n) is 10.4. The topological polar surface area (TPSA) is 81.8 Å². The van der Waals surface area contributed by atoms with Crippen LogP contribution in [-0.4, -0.2) is 25.5 Å². The molecular formula is C24H19ClF3N5O2. The first-order chi connectivity index (χ1) is 16.5. The van der Waals surface area contributed by atoms with E-state index >= 15 is 0 Å². The number of benzene rings is 2. The van der Waals surface area contributed by atoms with Crippen molar-refractivity contribution in [3.05, 3.63) is 99.1 Å². The molecule has 0 fully saturated rings. The summed E-state index contributed by atoms with van der Waals surface area (Å²) >= 11 is 5.97. The van der Waals surface area contributed by atoms with E-state index in [0.29, 0.717) is 22.0 Å². The van der Waals surface area contributed by atoms with E-state index in [4.69, 9.17) is 11.6 Å². The van der Waals surface area contributed by atoms with Crippen LogP contribution in [0.1, 0.15) is 34.5 Å². The maximum absolute atomic E-state index is 13.5. The fourth-order valence-electron chi connectivity index (χ4n) is 3.60. The summed E-state index contributed by atoms with van der Waals surface area (Å²) in [5.74, 6) is -0.838. The van der Waals surface area contributed by atoms with Crippen LogP contribution < -0.4 is 10.9 Å². The number of nitrogens with zero attached hydrogens (tertiary/aromatic N) is 4. The minimum atomic E-state index is -4.60. The minimum absolute atomic E-state index is 0.118. The molecule has 1 atom stereocenters. The number of rotatable bonds is 5. The van der Waals surface area contributed by atoms with E-state index in [0.717, 1.165) is 10.7 Å². The van der Waals surface area contributed by atoms with Crippen molar-refractivity contribution in [2.45, 2.75) is 19.1 Å². The lowest BCUT2D eigenvalue weighted by molar-refractivity contribution is -0.138. The van der Waals surface area contributed by atoms with Crippen LogP contribution in [0.15, 0.2) is 71.8 Å². The largest absolute Gasteiger partial charge is 0.416 e. The Morgan fingerprint density at radius 1 is 1.11 bits per heavy atom. The number of amides is 1. The van der Waals surface area contributed by atoms with Gasteiger partial charge in [0.15, 0.2) is 0 Å². The summed E-state index contributed by atoms with van der Waals surface area (Å²) in [6.45, 7) is 1.42. The Labute approximate surface area is 202 Å². The molecule has 2 aromatic heterocycles. The SMILES string of the molecule is C[C@@H](NC(=O)c1cc(-c2ccc(Cl)cc2)nn(-c2cnn(C)c2)c1=O)c1ccccc1C(F)(F)F. The molecule has 0 aliphatic rings. The smallest absolute Gasteiger partial charge is 0.345 e. The maximum atomic E-state index is 13.5. The van der Waals surface area contributed by atoms with Crippen molar-refractivity contribution in [3.8, 4) is 16.9 Å². The van der Waals surface area contributed by atoms with Crippen LogP contribution in [0.2, 0.25) is 5.02 Å². The number of hydrogen-bond donors (Lipinski definition) is 1. The third-order valence-corrected chi connectivity index (χ3v) is 5.56. The molecule has 4 rings (SSSR count). The number of halogens is 4. The normalized spacial score (nSPS) is 12.4.